The number of hydrogen-bond acceptors (Lipinski definition) is 6. The van der Waals surface area contributed by atoms with E-state index in [1.54, 1.807) is 19.9 Å². The molecular weight excluding hydrogens is 328 g/mol. The molecule has 1 heterocycles. The Morgan fingerprint density at radius 3 is 2.55 bits per heavy atom. The van der Waals surface area contributed by atoms with Gasteiger partial charge in [-0.05, 0) is 41.4 Å². The highest BCUT2D eigenvalue weighted by atomic mass is 79.9. The Morgan fingerprint density at radius 1 is 1.25 bits per heavy atom. The molecule has 0 radical (unpaired) electrons. The highest BCUT2D eigenvalue weighted by Gasteiger charge is 2.16. The lowest BCUT2D eigenvalue weighted by Crippen LogP contribution is -1.99. The van der Waals surface area contributed by atoms with E-state index in [1.807, 2.05) is 0 Å². The Balaban J connectivity index is 2.42. The van der Waals surface area contributed by atoms with E-state index in [0.717, 1.165) is 5.56 Å². The van der Waals surface area contributed by atoms with Crippen molar-refractivity contribution in [1.82, 2.24) is 9.97 Å². The summed E-state index contributed by atoms with van der Waals surface area (Å²) >= 11 is 3.17. The first kappa shape index (κ1) is 14.2. The van der Waals surface area contributed by atoms with Gasteiger partial charge in [-0.1, -0.05) is 0 Å². The fraction of sp³-hybridized carbons (Fsp3) is 0.167. The average molecular weight is 339 g/mol. The molecule has 1 aromatic heterocycles. The summed E-state index contributed by atoms with van der Waals surface area (Å²) < 4.78 is 5.95. The fourth-order valence-electron chi connectivity index (χ4n) is 1.69. The number of nitrogens with two attached hydrogens (primary N) is 1. The zero-order valence-corrected chi connectivity index (χ0v) is 12.3. The van der Waals surface area contributed by atoms with Gasteiger partial charge in [0.05, 0.1) is 11.0 Å². The Bertz CT molecular complexity index is 670. The molecule has 0 spiro atoms. The number of nitrogens with zero attached hydrogens (tertiary/aromatic N) is 3. The van der Waals surface area contributed by atoms with Crippen molar-refractivity contribution < 1.29 is 9.66 Å². The molecule has 0 fully saturated rings. The maximum absolute atomic E-state index is 10.9. The molecule has 0 aliphatic heterocycles. The zero-order chi connectivity index (χ0) is 14.9. The summed E-state index contributed by atoms with van der Waals surface area (Å²) in [5.74, 6) is 0.556. The predicted molar refractivity (Wildman–Crippen MR) is 76.8 cm³/mol. The number of rotatable bonds is 3. The molecule has 0 bridgehead atoms. The van der Waals surface area contributed by atoms with Gasteiger partial charge in [0.15, 0.2) is 0 Å². The van der Waals surface area contributed by atoms with Gasteiger partial charge < -0.3 is 10.5 Å². The minimum atomic E-state index is -0.461. The normalized spacial score (nSPS) is 10.3. The minimum Gasteiger partial charge on any atom is -0.424 e. The van der Waals surface area contributed by atoms with Gasteiger partial charge in [0.2, 0.25) is 0 Å². The molecular formula is C12H11BrN4O3. The standard InChI is InChI=1S/C12H11BrN4O3/c1-6-3-7(2)9(4-8(6)17(18)19)20-12-15-10(13)5-11(14)16-12/h3-5H,1-2H3,(H2,14,15,16). The van der Waals surface area contributed by atoms with Gasteiger partial charge in [-0.3, -0.25) is 10.1 Å². The second-order valence-electron chi connectivity index (χ2n) is 4.16. The quantitative estimate of drug-likeness (QED) is 0.523. The number of halogens is 1. The number of ether oxygens (including phenoxy) is 1. The molecule has 0 saturated carbocycles. The molecule has 0 unspecified atom stereocenters. The van der Waals surface area contributed by atoms with Crippen molar-refractivity contribution in [3.8, 4) is 11.8 Å². The topological polar surface area (TPSA) is 104 Å². The van der Waals surface area contributed by atoms with Crippen LogP contribution in [0, 0.1) is 24.0 Å². The van der Waals surface area contributed by atoms with Gasteiger partial charge in [-0.15, -0.1) is 0 Å². The molecule has 0 atom stereocenters. The van der Waals surface area contributed by atoms with Crippen LogP contribution in [0.15, 0.2) is 22.8 Å². The molecule has 1 aromatic carbocycles. The third kappa shape index (κ3) is 3.02. The summed E-state index contributed by atoms with van der Waals surface area (Å²) in [4.78, 5) is 18.4. The van der Waals surface area contributed by atoms with Gasteiger partial charge >= 0.3 is 6.01 Å². The summed E-state index contributed by atoms with van der Waals surface area (Å²) in [5, 5.41) is 10.9. The van der Waals surface area contributed by atoms with Crippen molar-refractivity contribution >= 4 is 27.4 Å². The molecule has 104 valence electrons. The first-order valence-corrected chi connectivity index (χ1v) is 6.39. The van der Waals surface area contributed by atoms with Crippen molar-refractivity contribution in [2.45, 2.75) is 13.8 Å². The average Bonchev–Trinajstić information content (AvgIpc) is 2.30. The van der Waals surface area contributed by atoms with Crippen molar-refractivity contribution in [3.63, 3.8) is 0 Å². The van der Waals surface area contributed by atoms with Crippen LogP contribution < -0.4 is 10.5 Å². The highest BCUT2D eigenvalue weighted by Crippen LogP contribution is 2.30. The molecule has 2 aromatic rings. The number of hydrogen-bond donors (Lipinski definition) is 1. The Hall–Kier alpha value is -2.22. The van der Waals surface area contributed by atoms with E-state index in [-0.39, 0.29) is 17.5 Å². The Morgan fingerprint density at radius 2 is 1.95 bits per heavy atom. The van der Waals surface area contributed by atoms with Crippen LogP contribution in [0.4, 0.5) is 11.5 Å². The number of nitro benzene ring substituents is 1. The number of nitro groups is 1. The van der Waals surface area contributed by atoms with Gasteiger partial charge in [-0.25, -0.2) is 0 Å². The SMILES string of the molecule is Cc1cc(C)c([N+](=O)[O-])cc1Oc1nc(N)cc(Br)n1. The van der Waals surface area contributed by atoms with E-state index >= 15 is 0 Å². The van der Waals surface area contributed by atoms with E-state index in [9.17, 15) is 10.1 Å². The lowest BCUT2D eigenvalue weighted by atomic mass is 10.1. The molecule has 0 saturated heterocycles. The van der Waals surface area contributed by atoms with Gasteiger partial charge in [-0.2, -0.15) is 9.97 Å². The summed E-state index contributed by atoms with van der Waals surface area (Å²) in [7, 11) is 0. The highest BCUT2D eigenvalue weighted by molar-refractivity contribution is 9.10. The largest absolute Gasteiger partial charge is 0.424 e. The van der Waals surface area contributed by atoms with Crippen LogP contribution in [0.3, 0.4) is 0 Å². The lowest BCUT2D eigenvalue weighted by Gasteiger charge is -2.09. The summed E-state index contributed by atoms with van der Waals surface area (Å²) in [6.45, 7) is 3.45. The molecule has 0 aliphatic rings. The van der Waals surface area contributed by atoms with E-state index in [0.29, 0.717) is 15.9 Å². The molecule has 0 aliphatic carbocycles. The van der Waals surface area contributed by atoms with Gasteiger partial charge in [0, 0.05) is 11.6 Å². The smallest absolute Gasteiger partial charge is 0.325 e. The van der Waals surface area contributed by atoms with Crippen LogP contribution in [0.2, 0.25) is 0 Å². The third-order valence-electron chi connectivity index (χ3n) is 2.59. The predicted octanol–water partition coefficient (Wildman–Crippen LogP) is 3.14. The van der Waals surface area contributed by atoms with Crippen molar-refractivity contribution in [1.29, 1.82) is 0 Å². The number of aromatic nitrogens is 2. The molecule has 7 nitrogen and oxygen atoms in total. The van der Waals surface area contributed by atoms with E-state index < -0.39 is 4.92 Å². The number of nitrogen functional groups attached to an aromatic ring is 1. The third-order valence-corrected chi connectivity index (χ3v) is 2.99. The van der Waals surface area contributed by atoms with Crippen LogP contribution in [0.5, 0.6) is 11.8 Å². The van der Waals surface area contributed by atoms with Gasteiger partial charge in [0.1, 0.15) is 16.2 Å². The first-order chi connectivity index (χ1) is 9.36. The number of aryl methyl sites for hydroxylation is 2. The summed E-state index contributed by atoms with van der Waals surface area (Å²) in [6.07, 6.45) is 0. The van der Waals surface area contributed by atoms with Crippen molar-refractivity contribution in [3.05, 3.63) is 44.0 Å². The van der Waals surface area contributed by atoms with Crippen LogP contribution in [-0.4, -0.2) is 14.9 Å². The Labute approximate surface area is 123 Å². The van der Waals surface area contributed by atoms with Crippen LogP contribution in [-0.2, 0) is 0 Å². The zero-order valence-electron chi connectivity index (χ0n) is 10.8. The van der Waals surface area contributed by atoms with Crippen molar-refractivity contribution in [2.75, 3.05) is 5.73 Å². The minimum absolute atomic E-state index is 0.0198. The van der Waals surface area contributed by atoms with Crippen LogP contribution in [0.25, 0.3) is 0 Å². The summed E-state index contributed by atoms with van der Waals surface area (Å²) in [6, 6.07) is 4.58. The maximum Gasteiger partial charge on any atom is 0.325 e. The van der Waals surface area contributed by atoms with Crippen molar-refractivity contribution in [2.24, 2.45) is 0 Å². The second-order valence-corrected chi connectivity index (χ2v) is 4.97. The number of anilines is 1. The monoisotopic (exact) mass is 338 g/mol. The van der Waals surface area contributed by atoms with Gasteiger partial charge in [0.25, 0.3) is 5.69 Å². The van der Waals surface area contributed by atoms with Crippen LogP contribution in [0.1, 0.15) is 11.1 Å². The van der Waals surface area contributed by atoms with E-state index in [1.165, 1.54) is 12.1 Å². The van der Waals surface area contributed by atoms with E-state index in [2.05, 4.69) is 25.9 Å². The molecule has 20 heavy (non-hydrogen) atoms. The Kier molecular flexibility index (Phi) is 3.84. The van der Waals surface area contributed by atoms with Crippen LogP contribution >= 0.6 is 15.9 Å². The maximum atomic E-state index is 10.9. The number of benzene rings is 1. The summed E-state index contributed by atoms with van der Waals surface area (Å²) in [5.41, 5.74) is 6.87. The first-order valence-electron chi connectivity index (χ1n) is 5.60. The molecule has 2 N–H and O–H groups in total. The lowest BCUT2D eigenvalue weighted by molar-refractivity contribution is -0.385. The molecule has 0 amide bonds. The fourth-order valence-corrected chi connectivity index (χ4v) is 2.07. The molecule has 2 rings (SSSR count). The second kappa shape index (κ2) is 5.41. The molecule has 8 heteroatoms. The van der Waals surface area contributed by atoms with E-state index in [4.69, 9.17) is 10.5 Å².